The smallest absolute Gasteiger partial charge is 0.322 e. The van der Waals surface area contributed by atoms with Crippen LogP contribution in [0.3, 0.4) is 0 Å². The number of amides is 2. The van der Waals surface area contributed by atoms with Crippen molar-refractivity contribution in [3.8, 4) is 0 Å². The van der Waals surface area contributed by atoms with Gasteiger partial charge in [0.05, 0.1) is 24.5 Å². The Balaban J connectivity index is 1.68. The topological polar surface area (TPSA) is 80.2 Å². The Labute approximate surface area is 132 Å². The van der Waals surface area contributed by atoms with Crippen LogP contribution in [0.5, 0.6) is 0 Å². The monoisotopic (exact) mass is 319 g/mol. The quantitative estimate of drug-likeness (QED) is 0.913. The molecule has 0 aliphatic carbocycles. The Morgan fingerprint density at radius 3 is 3.14 bits per heavy atom. The molecule has 1 unspecified atom stereocenters. The maximum Gasteiger partial charge on any atom is 0.322 e. The van der Waals surface area contributed by atoms with Gasteiger partial charge in [0.1, 0.15) is 5.00 Å². The molecule has 2 amide bonds. The van der Waals surface area contributed by atoms with Gasteiger partial charge >= 0.3 is 6.03 Å². The van der Waals surface area contributed by atoms with Crippen LogP contribution in [0.15, 0.2) is 30.6 Å². The number of hydrogen-bond acceptors (Lipinski definition) is 6. The summed E-state index contributed by atoms with van der Waals surface area (Å²) in [5.74, 6) is 0. The Hall–Kier alpha value is -2.06. The number of urea groups is 1. The molecule has 1 aliphatic heterocycles. The molecule has 1 atom stereocenters. The van der Waals surface area contributed by atoms with Crippen molar-refractivity contribution in [1.82, 2.24) is 19.5 Å². The lowest BCUT2D eigenvalue weighted by Gasteiger charge is -2.25. The summed E-state index contributed by atoms with van der Waals surface area (Å²) in [7, 11) is 0. The van der Waals surface area contributed by atoms with Crippen molar-refractivity contribution >= 4 is 22.6 Å². The van der Waals surface area contributed by atoms with Gasteiger partial charge in [-0.15, -0.1) is 5.10 Å². The summed E-state index contributed by atoms with van der Waals surface area (Å²) >= 11 is 1.15. The molecule has 0 saturated carbocycles. The number of pyridine rings is 1. The van der Waals surface area contributed by atoms with Crippen molar-refractivity contribution in [1.29, 1.82) is 0 Å². The number of nitrogens with zero attached hydrogens (tertiary/aromatic N) is 4. The highest BCUT2D eigenvalue weighted by molar-refractivity contribution is 7.10. The number of ether oxygens (including phenoxy) is 1. The Kier molecular flexibility index (Phi) is 4.92. The van der Waals surface area contributed by atoms with Crippen LogP contribution in [0, 0.1) is 0 Å². The number of anilines is 1. The third-order valence-corrected chi connectivity index (χ3v) is 3.99. The van der Waals surface area contributed by atoms with Gasteiger partial charge in [-0.1, -0.05) is 10.6 Å². The first-order valence-corrected chi connectivity index (χ1v) is 7.93. The van der Waals surface area contributed by atoms with Crippen LogP contribution in [-0.4, -0.2) is 44.8 Å². The zero-order chi connectivity index (χ0) is 15.2. The van der Waals surface area contributed by atoms with Crippen molar-refractivity contribution in [2.24, 2.45) is 0 Å². The third kappa shape index (κ3) is 3.99. The average Bonchev–Trinajstić information content (AvgIpc) is 3.21. The maximum atomic E-state index is 12.5. The number of nitrogens with one attached hydrogen (secondary N) is 1. The molecule has 1 saturated heterocycles. The summed E-state index contributed by atoms with van der Waals surface area (Å²) in [6.45, 7) is 1.76. The number of aromatic nitrogens is 3. The molecule has 0 bridgehead atoms. The molecule has 0 spiro atoms. The second kappa shape index (κ2) is 7.28. The molecular formula is C14H17N5O2S. The van der Waals surface area contributed by atoms with E-state index in [0.29, 0.717) is 18.1 Å². The molecule has 1 fully saturated rings. The van der Waals surface area contributed by atoms with E-state index in [9.17, 15) is 4.79 Å². The highest BCUT2D eigenvalue weighted by atomic mass is 32.1. The largest absolute Gasteiger partial charge is 0.376 e. The molecule has 1 N–H and O–H groups in total. The zero-order valence-corrected chi connectivity index (χ0v) is 12.8. The van der Waals surface area contributed by atoms with Gasteiger partial charge in [-0.3, -0.25) is 10.3 Å². The molecule has 22 heavy (non-hydrogen) atoms. The van der Waals surface area contributed by atoms with Gasteiger partial charge in [0.15, 0.2) is 0 Å². The molecule has 7 nitrogen and oxygen atoms in total. The van der Waals surface area contributed by atoms with Crippen molar-refractivity contribution in [3.05, 3.63) is 36.3 Å². The highest BCUT2D eigenvalue weighted by Crippen LogP contribution is 2.16. The fourth-order valence-corrected chi connectivity index (χ4v) is 2.76. The fourth-order valence-electron chi connectivity index (χ4n) is 2.35. The standard InChI is InChI=1S/C14H17N5O2S/c20-14(17-13-8-16-18-22-13)19(10-12-5-3-7-21-12)9-11-4-1-2-6-15-11/h1-2,4,6,8,12H,3,5,7,9-10H2,(H,17,20). The Morgan fingerprint density at radius 1 is 1.50 bits per heavy atom. The molecule has 3 heterocycles. The summed E-state index contributed by atoms with van der Waals surface area (Å²) in [6, 6.07) is 5.49. The summed E-state index contributed by atoms with van der Waals surface area (Å²) in [5.41, 5.74) is 0.845. The van der Waals surface area contributed by atoms with E-state index in [1.165, 1.54) is 6.20 Å². The van der Waals surface area contributed by atoms with E-state index in [-0.39, 0.29) is 12.1 Å². The van der Waals surface area contributed by atoms with Crippen molar-refractivity contribution < 1.29 is 9.53 Å². The average molecular weight is 319 g/mol. The predicted molar refractivity (Wildman–Crippen MR) is 82.5 cm³/mol. The maximum absolute atomic E-state index is 12.5. The van der Waals surface area contributed by atoms with Gasteiger partial charge in [0.25, 0.3) is 0 Å². The van der Waals surface area contributed by atoms with Crippen LogP contribution >= 0.6 is 11.5 Å². The van der Waals surface area contributed by atoms with Crippen LogP contribution in [0.4, 0.5) is 9.80 Å². The van der Waals surface area contributed by atoms with E-state index in [0.717, 1.165) is 36.7 Å². The number of rotatable bonds is 5. The minimum Gasteiger partial charge on any atom is -0.376 e. The van der Waals surface area contributed by atoms with E-state index >= 15 is 0 Å². The number of carbonyl (C=O) groups is 1. The van der Waals surface area contributed by atoms with Gasteiger partial charge in [-0.2, -0.15) is 0 Å². The van der Waals surface area contributed by atoms with Crippen LogP contribution in [-0.2, 0) is 11.3 Å². The molecule has 3 rings (SSSR count). The van der Waals surface area contributed by atoms with Crippen LogP contribution in [0.25, 0.3) is 0 Å². The molecule has 2 aromatic heterocycles. The predicted octanol–water partition coefficient (Wildman–Crippen LogP) is 2.15. The SMILES string of the molecule is O=C(Nc1cnns1)N(Cc1ccccn1)CC1CCCO1. The van der Waals surface area contributed by atoms with Crippen LogP contribution in [0.1, 0.15) is 18.5 Å². The van der Waals surface area contributed by atoms with E-state index in [1.54, 1.807) is 11.1 Å². The minimum atomic E-state index is -0.188. The summed E-state index contributed by atoms with van der Waals surface area (Å²) in [6.07, 6.45) is 5.38. The van der Waals surface area contributed by atoms with Crippen molar-refractivity contribution in [3.63, 3.8) is 0 Å². The fraction of sp³-hybridized carbons (Fsp3) is 0.429. The lowest BCUT2D eigenvalue weighted by molar-refractivity contribution is 0.0816. The van der Waals surface area contributed by atoms with E-state index in [4.69, 9.17) is 4.74 Å². The molecule has 0 aromatic carbocycles. The Bertz CT molecular complexity index is 587. The number of carbonyl (C=O) groups excluding carboxylic acids is 1. The van der Waals surface area contributed by atoms with E-state index in [1.807, 2.05) is 18.2 Å². The summed E-state index contributed by atoms with van der Waals surface area (Å²) in [4.78, 5) is 18.5. The van der Waals surface area contributed by atoms with Crippen molar-refractivity contribution in [2.45, 2.75) is 25.5 Å². The van der Waals surface area contributed by atoms with E-state index < -0.39 is 0 Å². The Morgan fingerprint density at radius 2 is 2.45 bits per heavy atom. The van der Waals surface area contributed by atoms with Crippen molar-refractivity contribution in [2.75, 3.05) is 18.5 Å². The van der Waals surface area contributed by atoms with Gasteiger partial charge in [0, 0.05) is 30.9 Å². The first kappa shape index (κ1) is 14.9. The number of hydrogen-bond donors (Lipinski definition) is 1. The second-order valence-electron chi connectivity index (χ2n) is 5.05. The first-order chi connectivity index (χ1) is 10.8. The molecule has 2 aromatic rings. The van der Waals surface area contributed by atoms with Crippen LogP contribution < -0.4 is 5.32 Å². The van der Waals surface area contributed by atoms with Crippen LogP contribution in [0.2, 0.25) is 0 Å². The highest BCUT2D eigenvalue weighted by Gasteiger charge is 2.23. The van der Waals surface area contributed by atoms with Gasteiger partial charge in [-0.05, 0) is 25.0 Å². The molecule has 1 aliphatic rings. The second-order valence-corrected chi connectivity index (χ2v) is 5.83. The normalized spacial score (nSPS) is 17.4. The molecule has 0 radical (unpaired) electrons. The van der Waals surface area contributed by atoms with Gasteiger partial charge in [-0.25, -0.2) is 4.79 Å². The van der Waals surface area contributed by atoms with E-state index in [2.05, 4.69) is 19.9 Å². The van der Waals surface area contributed by atoms with Gasteiger partial charge in [0.2, 0.25) is 0 Å². The summed E-state index contributed by atoms with van der Waals surface area (Å²) < 4.78 is 9.39. The third-order valence-electron chi connectivity index (χ3n) is 3.41. The van der Waals surface area contributed by atoms with Gasteiger partial charge < -0.3 is 9.64 Å². The molecular weight excluding hydrogens is 302 g/mol. The lowest BCUT2D eigenvalue weighted by Crippen LogP contribution is -2.39. The first-order valence-electron chi connectivity index (χ1n) is 7.16. The lowest BCUT2D eigenvalue weighted by atomic mass is 10.2. The summed E-state index contributed by atoms with van der Waals surface area (Å²) in [5, 5.41) is 7.16. The minimum absolute atomic E-state index is 0.0917. The molecule has 116 valence electrons. The zero-order valence-electron chi connectivity index (χ0n) is 12.0. The molecule has 8 heteroatoms.